The van der Waals surface area contributed by atoms with Crippen LogP contribution in [0.2, 0.25) is 0 Å². The van der Waals surface area contributed by atoms with Gasteiger partial charge in [-0.05, 0) is 50.2 Å². The van der Waals surface area contributed by atoms with Crippen LogP contribution in [0.5, 0.6) is 5.88 Å². The van der Waals surface area contributed by atoms with E-state index in [0.717, 1.165) is 72.8 Å². The van der Waals surface area contributed by atoms with Gasteiger partial charge >= 0.3 is 0 Å². The monoisotopic (exact) mass is 459 g/mol. The smallest absolute Gasteiger partial charge is 0.234 e. The van der Waals surface area contributed by atoms with Crippen LogP contribution in [0.3, 0.4) is 0 Å². The first-order valence-corrected chi connectivity index (χ1v) is 12.7. The predicted molar refractivity (Wildman–Crippen MR) is 130 cm³/mol. The Morgan fingerprint density at radius 2 is 1.94 bits per heavy atom. The van der Waals surface area contributed by atoms with Gasteiger partial charge in [0.05, 0.1) is 12.3 Å². The highest BCUT2D eigenvalue weighted by Gasteiger charge is 2.19. The molecule has 0 unspecified atom stereocenters. The highest BCUT2D eigenvalue weighted by molar-refractivity contribution is 5.91. The molecule has 3 aromatic heterocycles. The number of nitriles is 1. The second kappa shape index (κ2) is 10.5. The van der Waals surface area contributed by atoms with Gasteiger partial charge in [0.25, 0.3) is 0 Å². The maximum Gasteiger partial charge on any atom is 0.234 e. The normalized spacial score (nSPS) is 17.6. The first kappa shape index (κ1) is 22.8. The fourth-order valence-corrected chi connectivity index (χ4v) is 5.33. The number of hydrogen-bond acceptors (Lipinski definition) is 6. The molecule has 0 amide bonds. The average molecular weight is 460 g/mol. The number of pyridine rings is 1. The number of nitrogens with zero attached hydrogens (tertiary/aromatic N) is 5. The Hall–Kier alpha value is -2.98. The molecule has 7 heteroatoms. The van der Waals surface area contributed by atoms with Gasteiger partial charge in [-0.1, -0.05) is 32.1 Å². The van der Waals surface area contributed by atoms with Crippen molar-refractivity contribution < 1.29 is 9.47 Å². The van der Waals surface area contributed by atoms with Gasteiger partial charge in [-0.2, -0.15) is 5.26 Å². The van der Waals surface area contributed by atoms with Gasteiger partial charge in [0, 0.05) is 48.7 Å². The van der Waals surface area contributed by atoms with Gasteiger partial charge in [0.1, 0.15) is 11.7 Å². The highest BCUT2D eigenvalue weighted by atomic mass is 16.5. The Balaban J connectivity index is 1.36. The Morgan fingerprint density at radius 3 is 2.71 bits per heavy atom. The molecule has 0 N–H and O–H groups in total. The third kappa shape index (κ3) is 5.07. The van der Waals surface area contributed by atoms with Crippen molar-refractivity contribution in [2.75, 3.05) is 19.8 Å². The molecule has 3 aromatic rings. The van der Waals surface area contributed by atoms with Crippen molar-refractivity contribution in [3.05, 3.63) is 35.9 Å². The summed E-state index contributed by atoms with van der Waals surface area (Å²) >= 11 is 0. The molecular formula is C27H33N5O2. The predicted octanol–water partition coefficient (Wildman–Crippen LogP) is 5.45. The number of fused-ring (bicyclic) bond motifs is 1. The zero-order valence-electron chi connectivity index (χ0n) is 20.0. The lowest BCUT2D eigenvalue weighted by Gasteiger charge is -2.22. The fraction of sp³-hybridized carbons (Fsp3) is 0.556. The Morgan fingerprint density at radius 1 is 1.12 bits per heavy atom. The molecule has 1 saturated carbocycles. The summed E-state index contributed by atoms with van der Waals surface area (Å²) in [5.41, 5.74) is 3.41. The van der Waals surface area contributed by atoms with Gasteiger partial charge in [-0.15, -0.1) is 0 Å². The summed E-state index contributed by atoms with van der Waals surface area (Å²) in [5, 5.41) is 10.5. The van der Waals surface area contributed by atoms with Crippen molar-refractivity contribution in [2.45, 2.75) is 64.8 Å². The third-order valence-electron chi connectivity index (χ3n) is 7.31. The minimum Gasteiger partial charge on any atom is -0.477 e. The Bertz CT molecular complexity index is 1170. The largest absolute Gasteiger partial charge is 0.477 e. The highest BCUT2D eigenvalue weighted by Crippen LogP contribution is 2.31. The van der Waals surface area contributed by atoms with Crippen LogP contribution < -0.4 is 4.74 Å². The quantitative estimate of drug-likeness (QED) is 0.467. The molecule has 34 heavy (non-hydrogen) atoms. The zero-order chi connectivity index (χ0) is 23.3. The molecule has 0 aromatic carbocycles. The van der Waals surface area contributed by atoms with Crippen molar-refractivity contribution in [1.29, 1.82) is 5.26 Å². The first-order valence-electron chi connectivity index (χ1n) is 12.7. The fourth-order valence-electron chi connectivity index (χ4n) is 5.33. The maximum absolute atomic E-state index is 9.59. The Kier molecular flexibility index (Phi) is 7.05. The molecule has 0 atom stereocenters. The molecule has 5 rings (SSSR count). The summed E-state index contributed by atoms with van der Waals surface area (Å²) in [6.45, 7) is 5.23. The number of aromatic nitrogens is 4. The van der Waals surface area contributed by atoms with Crippen molar-refractivity contribution in [3.63, 3.8) is 0 Å². The molecule has 4 heterocycles. The number of ether oxygens (including phenoxy) is 2. The van der Waals surface area contributed by atoms with Crippen LogP contribution in [0.1, 0.15) is 62.8 Å². The van der Waals surface area contributed by atoms with E-state index in [-0.39, 0.29) is 5.82 Å². The summed E-state index contributed by atoms with van der Waals surface area (Å²) in [6.07, 6.45) is 13.8. The van der Waals surface area contributed by atoms with E-state index in [1.54, 1.807) is 0 Å². The minimum absolute atomic E-state index is 0.180. The van der Waals surface area contributed by atoms with E-state index in [1.165, 1.54) is 32.1 Å². The topological polar surface area (TPSA) is 85.9 Å². The van der Waals surface area contributed by atoms with Gasteiger partial charge in [-0.25, -0.2) is 15.0 Å². The van der Waals surface area contributed by atoms with Crippen LogP contribution in [0.15, 0.2) is 24.5 Å². The summed E-state index contributed by atoms with van der Waals surface area (Å²) in [6, 6.07) is 6.24. The average Bonchev–Trinajstić information content (AvgIpc) is 3.28. The lowest BCUT2D eigenvalue weighted by molar-refractivity contribution is 0.0616. The van der Waals surface area contributed by atoms with Crippen LogP contribution in [0.25, 0.3) is 22.3 Å². The van der Waals surface area contributed by atoms with Crippen LogP contribution in [-0.2, 0) is 11.3 Å². The third-order valence-corrected chi connectivity index (χ3v) is 7.31. The molecule has 0 spiro atoms. The summed E-state index contributed by atoms with van der Waals surface area (Å²) in [5.74, 6) is 2.21. The van der Waals surface area contributed by atoms with E-state index in [0.29, 0.717) is 18.4 Å². The van der Waals surface area contributed by atoms with E-state index in [2.05, 4.69) is 43.9 Å². The maximum atomic E-state index is 9.59. The zero-order valence-corrected chi connectivity index (χ0v) is 20.0. The molecule has 0 radical (unpaired) electrons. The Labute approximate surface area is 201 Å². The molecule has 0 bridgehead atoms. The summed E-state index contributed by atoms with van der Waals surface area (Å²) in [7, 11) is 0. The van der Waals surface area contributed by atoms with Gasteiger partial charge in [-0.3, -0.25) is 0 Å². The van der Waals surface area contributed by atoms with Crippen LogP contribution >= 0.6 is 0 Å². The first-order chi connectivity index (χ1) is 16.7. The van der Waals surface area contributed by atoms with Gasteiger partial charge in [0.2, 0.25) is 11.7 Å². The molecule has 7 nitrogen and oxygen atoms in total. The standard InChI is InChI=1S/C27H33N5O2/c1-19-15-22(17-29-27(19)34-14-10-20-5-3-2-4-6-20)25-23-7-11-32(18-21-8-12-33-13-9-21)26(23)31-24(16-28)30-25/h7,11,15,17,20-21H,2-6,8-10,12-14,18H2,1H3. The van der Waals surface area contributed by atoms with E-state index in [1.807, 2.05) is 13.1 Å². The number of rotatable bonds is 7. The minimum atomic E-state index is 0.180. The van der Waals surface area contributed by atoms with E-state index in [9.17, 15) is 5.26 Å². The van der Waals surface area contributed by atoms with Crippen molar-refractivity contribution in [3.8, 4) is 23.2 Å². The molecule has 1 aliphatic carbocycles. The second-order valence-corrected chi connectivity index (χ2v) is 9.76. The van der Waals surface area contributed by atoms with Crippen LogP contribution in [0, 0.1) is 30.1 Å². The van der Waals surface area contributed by atoms with Crippen molar-refractivity contribution in [1.82, 2.24) is 19.5 Å². The number of hydrogen-bond donors (Lipinski definition) is 0. The van der Waals surface area contributed by atoms with Crippen LogP contribution in [-0.4, -0.2) is 39.3 Å². The molecule has 1 saturated heterocycles. The molecule has 178 valence electrons. The lowest BCUT2D eigenvalue weighted by atomic mass is 9.87. The molecule has 2 aliphatic rings. The summed E-state index contributed by atoms with van der Waals surface area (Å²) in [4.78, 5) is 13.7. The lowest BCUT2D eigenvalue weighted by Crippen LogP contribution is -2.20. The molecule has 1 aliphatic heterocycles. The van der Waals surface area contributed by atoms with E-state index < -0.39 is 0 Å². The van der Waals surface area contributed by atoms with Gasteiger partial charge in [0.15, 0.2) is 0 Å². The van der Waals surface area contributed by atoms with Crippen molar-refractivity contribution >= 4 is 11.0 Å². The van der Waals surface area contributed by atoms with Crippen molar-refractivity contribution in [2.24, 2.45) is 11.8 Å². The van der Waals surface area contributed by atoms with Crippen LogP contribution in [0.4, 0.5) is 0 Å². The second-order valence-electron chi connectivity index (χ2n) is 9.76. The molecular weight excluding hydrogens is 426 g/mol. The van der Waals surface area contributed by atoms with E-state index in [4.69, 9.17) is 9.47 Å². The number of aryl methyl sites for hydroxylation is 1. The SMILES string of the molecule is Cc1cc(-c2nc(C#N)nc3c2ccn3CC2CCOCC2)cnc1OCCC1CCCCC1. The summed E-state index contributed by atoms with van der Waals surface area (Å²) < 4.78 is 13.7. The van der Waals surface area contributed by atoms with E-state index >= 15 is 0 Å². The molecule has 2 fully saturated rings. The van der Waals surface area contributed by atoms with Gasteiger partial charge < -0.3 is 14.0 Å².